The van der Waals surface area contributed by atoms with E-state index in [1.54, 1.807) is 0 Å². The predicted molar refractivity (Wildman–Crippen MR) is 207 cm³/mol. The summed E-state index contributed by atoms with van der Waals surface area (Å²) >= 11 is 0. The highest BCUT2D eigenvalue weighted by molar-refractivity contribution is 8.33. The first-order chi connectivity index (χ1) is 23.8. The molecule has 0 aliphatic carbocycles. The molecule has 7 aromatic rings. The smallest absolute Gasteiger partial charge is 0.248 e. The molecule has 0 fully saturated rings. The van der Waals surface area contributed by atoms with Gasteiger partial charge in [-0.15, -0.1) is 10.2 Å². The quantitative estimate of drug-likeness (QED) is 0.174. The minimum absolute atomic E-state index is 0.502. The first-order valence-corrected chi connectivity index (χ1v) is 22.0. The topological polar surface area (TPSA) is 45.4 Å². The van der Waals surface area contributed by atoms with Crippen molar-refractivity contribution >= 4 is 62.6 Å². The number of para-hydroxylation sites is 4. The second-order valence-electron chi connectivity index (χ2n) is 13.6. The standard InChI is InChI=1S/C42H36N4OSSi/c1-48(2)37-17-9-5-13-33(37)45(34-14-6-10-18-38(34)48)31-25-21-29(22-26-31)41-43-44-42(47-41)30-23-27-32(28-24-30)46-35-15-7-11-19-39(35)49(3,4)40-20-12-8-16-36(40)46/h5-28H,1-4H3. The molecule has 7 heteroatoms. The van der Waals surface area contributed by atoms with E-state index in [0.29, 0.717) is 11.8 Å². The molecule has 0 spiro atoms. The molecule has 240 valence electrons. The molecule has 0 saturated carbocycles. The van der Waals surface area contributed by atoms with E-state index in [9.17, 15) is 0 Å². The van der Waals surface area contributed by atoms with Crippen molar-refractivity contribution < 1.29 is 4.42 Å². The molecule has 0 saturated heterocycles. The third-order valence-corrected chi connectivity index (χ3v) is 16.5. The molecule has 0 bridgehead atoms. The second kappa shape index (κ2) is 11.1. The van der Waals surface area contributed by atoms with Gasteiger partial charge in [-0.05, 0) is 108 Å². The Balaban J connectivity index is 1.01. The summed E-state index contributed by atoms with van der Waals surface area (Å²) in [5.41, 5.74) is 8.97. The Morgan fingerprint density at radius 1 is 0.469 bits per heavy atom. The first kappa shape index (κ1) is 29.7. The highest BCUT2D eigenvalue weighted by atomic mass is 32.3. The van der Waals surface area contributed by atoms with Gasteiger partial charge >= 0.3 is 0 Å². The van der Waals surface area contributed by atoms with Crippen molar-refractivity contribution in [2.75, 3.05) is 22.3 Å². The molecule has 0 N–H and O–H groups in total. The van der Waals surface area contributed by atoms with Crippen LogP contribution in [0.4, 0.5) is 34.1 Å². The van der Waals surface area contributed by atoms with E-state index in [0.717, 1.165) is 22.5 Å². The summed E-state index contributed by atoms with van der Waals surface area (Å²) in [7, 11) is -2.96. The van der Waals surface area contributed by atoms with Crippen LogP contribution in [-0.4, -0.2) is 30.8 Å². The lowest BCUT2D eigenvalue weighted by atomic mass is 10.1. The molecule has 6 aromatic carbocycles. The van der Waals surface area contributed by atoms with Gasteiger partial charge in [0.15, 0.2) is 0 Å². The van der Waals surface area contributed by atoms with Gasteiger partial charge in [-0.25, -0.2) is 0 Å². The van der Waals surface area contributed by atoms with E-state index in [4.69, 9.17) is 4.42 Å². The zero-order valence-corrected chi connectivity index (χ0v) is 29.8. The highest BCUT2D eigenvalue weighted by Gasteiger charge is 2.38. The normalized spacial score (nSPS) is 15.8. The average Bonchev–Trinajstić information content (AvgIpc) is 3.63. The highest BCUT2D eigenvalue weighted by Crippen LogP contribution is 2.67. The van der Waals surface area contributed by atoms with E-state index >= 15 is 0 Å². The van der Waals surface area contributed by atoms with Gasteiger partial charge < -0.3 is 14.2 Å². The van der Waals surface area contributed by atoms with Gasteiger partial charge in [-0.2, -0.15) is 10.0 Å². The zero-order valence-electron chi connectivity index (χ0n) is 28.0. The molecular weight excluding hydrogens is 637 g/mol. The first-order valence-electron chi connectivity index (χ1n) is 16.6. The molecule has 0 radical (unpaired) electrons. The van der Waals surface area contributed by atoms with Crippen LogP contribution in [0.2, 0.25) is 13.1 Å². The number of aromatic nitrogens is 2. The van der Waals surface area contributed by atoms with Gasteiger partial charge in [0.05, 0.1) is 11.4 Å². The fourth-order valence-corrected chi connectivity index (χ4v) is 13.0. The summed E-state index contributed by atoms with van der Waals surface area (Å²) in [5, 5.41) is 11.8. The maximum absolute atomic E-state index is 6.27. The van der Waals surface area contributed by atoms with Crippen LogP contribution in [0.1, 0.15) is 0 Å². The molecule has 49 heavy (non-hydrogen) atoms. The third-order valence-electron chi connectivity index (χ3n) is 10.1. The zero-order chi connectivity index (χ0) is 33.3. The van der Waals surface area contributed by atoms with Crippen molar-refractivity contribution in [3.05, 3.63) is 146 Å². The summed E-state index contributed by atoms with van der Waals surface area (Å²) < 4.78 is 6.27. The monoisotopic (exact) mass is 672 g/mol. The summed E-state index contributed by atoms with van der Waals surface area (Å²) in [6.07, 6.45) is 4.78. The number of rotatable bonds is 4. The second-order valence-corrected chi connectivity index (χ2v) is 21.5. The molecule has 0 amide bonds. The minimum atomic E-state index is -1.83. The number of hydrogen-bond donors (Lipinski definition) is 0. The summed E-state index contributed by atoms with van der Waals surface area (Å²) in [4.78, 5) is 7.54. The minimum Gasteiger partial charge on any atom is -0.416 e. The van der Waals surface area contributed by atoms with Crippen molar-refractivity contribution in [2.45, 2.75) is 22.9 Å². The van der Waals surface area contributed by atoms with Crippen molar-refractivity contribution in [3.8, 4) is 22.9 Å². The maximum Gasteiger partial charge on any atom is 0.248 e. The maximum atomic E-state index is 6.27. The van der Waals surface area contributed by atoms with Crippen molar-refractivity contribution in [3.63, 3.8) is 0 Å². The van der Waals surface area contributed by atoms with Crippen LogP contribution in [0.3, 0.4) is 0 Å². The lowest BCUT2D eigenvalue weighted by Gasteiger charge is -2.45. The van der Waals surface area contributed by atoms with Gasteiger partial charge in [0.2, 0.25) is 11.8 Å². The van der Waals surface area contributed by atoms with Gasteiger partial charge in [0.25, 0.3) is 0 Å². The Morgan fingerprint density at radius 3 is 1.29 bits per heavy atom. The molecule has 0 atom stereocenters. The number of nitrogens with zero attached hydrogens (tertiary/aromatic N) is 4. The molecule has 0 unspecified atom stereocenters. The van der Waals surface area contributed by atoms with Crippen LogP contribution in [-0.2, 0) is 0 Å². The van der Waals surface area contributed by atoms with Gasteiger partial charge in [-0.1, -0.05) is 73.8 Å². The van der Waals surface area contributed by atoms with Crippen LogP contribution in [0.25, 0.3) is 22.9 Å². The van der Waals surface area contributed by atoms with Crippen molar-refractivity contribution in [1.82, 2.24) is 10.2 Å². The Bertz CT molecular complexity index is 2100. The third kappa shape index (κ3) is 4.60. The number of benzene rings is 6. The van der Waals surface area contributed by atoms with Crippen LogP contribution < -0.4 is 20.2 Å². The number of hydrogen-bond acceptors (Lipinski definition) is 5. The van der Waals surface area contributed by atoms with E-state index in [2.05, 4.69) is 191 Å². The van der Waals surface area contributed by atoms with E-state index in [-0.39, 0.29) is 0 Å². The summed E-state index contributed by atoms with van der Waals surface area (Å²) in [6.45, 7) is 4.89. The summed E-state index contributed by atoms with van der Waals surface area (Å²) in [5.74, 6) is 1.00. The SMILES string of the molecule is C[Si]1(C)c2ccccc2N(c2ccc(-c3nnc(-c4ccc(N5c6ccccc6S(C)(C)c6ccccc65)cc4)o3)cc2)c2ccccc21. The Labute approximate surface area is 289 Å². The number of anilines is 6. The Hall–Kier alpha value is -5.37. The Kier molecular flexibility index (Phi) is 6.73. The molecule has 5 nitrogen and oxygen atoms in total. The molecule has 2 aliphatic rings. The molecule has 3 heterocycles. The van der Waals surface area contributed by atoms with E-state index in [1.807, 2.05) is 0 Å². The lowest BCUT2D eigenvalue weighted by Crippen LogP contribution is -2.58. The largest absolute Gasteiger partial charge is 0.416 e. The van der Waals surface area contributed by atoms with Gasteiger partial charge in [-0.3, -0.25) is 0 Å². The molecular formula is C42H36N4OSSi. The van der Waals surface area contributed by atoms with E-state index < -0.39 is 18.1 Å². The van der Waals surface area contributed by atoms with Crippen LogP contribution in [0.5, 0.6) is 0 Å². The average molecular weight is 673 g/mol. The van der Waals surface area contributed by atoms with Crippen LogP contribution in [0.15, 0.2) is 160 Å². The van der Waals surface area contributed by atoms with Gasteiger partial charge in [0, 0.05) is 43.7 Å². The van der Waals surface area contributed by atoms with Crippen LogP contribution in [0, 0.1) is 0 Å². The summed E-state index contributed by atoms with van der Waals surface area (Å²) in [6, 6.07) is 52.2. The number of fused-ring (bicyclic) bond motifs is 4. The predicted octanol–water partition coefficient (Wildman–Crippen LogP) is 10.3. The van der Waals surface area contributed by atoms with Gasteiger partial charge in [0.1, 0.15) is 8.07 Å². The molecule has 1 aromatic heterocycles. The molecule has 9 rings (SSSR count). The molecule has 2 aliphatic heterocycles. The fraction of sp³-hybridized carbons (Fsp3) is 0.0952. The van der Waals surface area contributed by atoms with E-state index in [1.165, 1.54) is 42.9 Å². The Morgan fingerprint density at radius 2 is 0.837 bits per heavy atom. The fourth-order valence-electron chi connectivity index (χ4n) is 7.58. The van der Waals surface area contributed by atoms with Crippen LogP contribution >= 0.6 is 10.0 Å². The lowest BCUT2D eigenvalue weighted by molar-refractivity contribution is 0.584. The van der Waals surface area contributed by atoms with Crippen molar-refractivity contribution in [2.24, 2.45) is 0 Å². The van der Waals surface area contributed by atoms with Crippen molar-refractivity contribution in [1.29, 1.82) is 0 Å².